The number of aromatic nitrogens is 3. The average molecular weight is 310 g/mol. The van der Waals surface area contributed by atoms with Crippen molar-refractivity contribution in [2.75, 3.05) is 0 Å². The number of amides is 1. The zero-order chi connectivity index (χ0) is 16.4. The molecule has 0 radical (unpaired) electrons. The third-order valence-corrected chi connectivity index (χ3v) is 3.70. The third-order valence-electron chi connectivity index (χ3n) is 3.70. The van der Waals surface area contributed by atoms with Crippen molar-refractivity contribution < 1.29 is 9.32 Å². The number of H-pyrrole nitrogens is 1. The summed E-state index contributed by atoms with van der Waals surface area (Å²) in [6, 6.07) is 9.66. The molecule has 0 aliphatic heterocycles. The van der Waals surface area contributed by atoms with Crippen LogP contribution in [0.3, 0.4) is 0 Å². The fourth-order valence-corrected chi connectivity index (χ4v) is 2.47. The minimum absolute atomic E-state index is 0.216. The van der Waals surface area contributed by atoms with Crippen LogP contribution in [-0.2, 0) is 0 Å². The predicted molar refractivity (Wildman–Crippen MR) is 85.9 cm³/mol. The number of hydrogen-bond donors (Lipinski definition) is 2. The van der Waals surface area contributed by atoms with Crippen molar-refractivity contribution in [1.29, 1.82) is 0 Å². The molecule has 0 spiro atoms. The molecular weight excluding hydrogens is 292 g/mol. The lowest BCUT2D eigenvalue weighted by Gasteiger charge is -2.11. The summed E-state index contributed by atoms with van der Waals surface area (Å²) < 4.78 is 5.03. The molecule has 0 aliphatic carbocycles. The Bertz CT molecular complexity index is 801. The van der Waals surface area contributed by atoms with Crippen molar-refractivity contribution in [2.24, 2.45) is 0 Å². The van der Waals surface area contributed by atoms with Crippen LogP contribution in [0.4, 0.5) is 0 Å². The number of carbonyl (C=O) groups is 1. The zero-order valence-electron chi connectivity index (χ0n) is 13.3. The molecular formula is C17H18N4O2. The van der Waals surface area contributed by atoms with Gasteiger partial charge in [-0.15, -0.1) is 0 Å². The molecule has 0 unspecified atom stereocenters. The topological polar surface area (TPSA) is 83.8 Å². The first kappa shape index (κ1) is 15.0. The Labute approximate surface area is 133 Å². The smallest absolute Gasteiger partial charge is 0.257 e. The van der Waals surface area contributed by atoms with Crippen LogP contribution >= 0.6 is 0 Å². The summed E-state index contributed by atoms with van der Waals surface area (Å²) in [6.45, 7) is 5.35. The van der Waals surface area contributed by atoms with Crippen molar-refractivity contribution in [3.63, 3.8) is 0 Å². The highest BCUT2D eigenvalue weighted by Crippen LogP contribution is 2.19. The van der Waals surface area contributed by atoms with Gasteiger partial charge < -0.3 is 14.8 Å². The number of aryl methyl sites for hydroxylation is 2. The summed E-state index contributed by atoms with van der Waals surface area (Å²) in [4.78, 5) is 20.0. The van der Waals surface area contributed by atoms with Crippen LogP contribution in [0, 0.1) is 13.8 Å². The molecule has 0 aliphatic rings. The molecule has 2 heterocycles. The molecule has 3 rings (SSSR count). The molecule has 2 N–H and O–H groups in total. The molecule has 23 heavy (non-hydrogen) atoms. The van der Waals surface area contributed by atoms with Gasteiger partial charge in [0.1, 0.15) is 17.1 Å². The first-order valence-corrected chi connectivity index (χ1v) is 7.40. The fourth-order valence-electron chi connectivity index (χ4n) is 2.47. The first-order valence-electron chi connectivity index (χ1n) is 7.40. The summed E-state index contributed by atoms with van der Waals surface area (Å²) in [5, 5.41) is 6.71. The lowest BCUT2D eigenvalue weighted by Crippen LogP contribution is -2.28. The van der Waals surface area contributed by atoms with E-state index in [1.54, 1.807) is 20.0 Å². The SMILES string of the molecule is Cc1noc(C)c1C(=O)N[C@@H](C)c1ncc(-c2ccccc2)[nH]1. The fraction of sp³-hybridized carbons (Fsp3) is 0.235. The number of carbonyl (C=O) groups excluding carboxylic acids is 1. The molecule has 0 saturated heterocycles. The standard InChI is InChI=1S/C17H18N4O2/c1-10-15(12(3)23-21-10)17(22)19-11(2)16-18-9-14(20-16)13-7-5-4-6-8-13/h4-9,11H,1-3H3,(H,18,20)(H,19,22)/t11-/m0/s1. The highest BCUT2D eigenvalue weighted by Gasteiger charge is 2.20. The molecule has 1 amide bonds. The quantitative estimate of drug-likeness (QED) is 0.775. The summed E-state index contributed by atoms with van der Waals surface area (Å²) in [7, 11) is 0. The van der Waals surface area contributed by atoms with Gasteiger partial charge in [0.2, 0.25) is 0 Å². The van der Waals surface area contributed by atoms with Gasteiger partial charge in [0.15, 0.2) is 0 Å². The number of imidazole rings is 1. The second-order valence-electron chi connectivity index (χ2n) is 5.44. The van der Waals surface area contributed by atoms with E-state index in [9.17, 15) is 4.79 Å². The molecule has 6 nitrogen and oxygen atoms in total. The monoisotopic (exact) mass is 310 g/mol. The van der Waals surface area contributed by atoms with Crippen LogP contribution in [0.15, 0.2) is 41.1 Å². The maximum Gasteiger partial charge on any atom is 0.257 e. The largest absolute Gasteiger partial charge is 0.361 e. The number of benzene rings is 1. The second kappa shape index (κ2) is 6.08. The first-order chi connectivity index (χ1) is 11.1. The van der Waals surface area contributed by atoms with Gasteiger partial charge in [-0.2, -0.15) is 0 Å². The van der Waals surface area contributed by atoms with E-state index in [0.717, 1.165) is 11.3 Å². The summed E-state index contributed by atoms with van der Waals surface area (Å²) >= 11 is 0. The Kier molecular flexibility index (Phi) is 3.97. The van der Waals surface area contributed by atoms with Crippen molar-refractivity contribution in [2.45, 2.75) is 26.8 Å². The van der Waals surface area contributed by atoms with Crippen molar-refractivity contribution >= 4 is 5.91 Å². The van der Waals surface area contributed by atoms with E-state index >= 15 is 0 Å². The molecule has 1 aromatic carbocycles. The Morgan fingerprint density at radius 1 is 1.26 bits per heavy atom. The number of aromatic amines is 1. The molecule has 1 atom stereocenters. The van der Waals surface area contributed by atoms with E-state index in [0.29, 0.717) is 22.8 Å². The summed E-state index contributed by atoms with van der Waals surface area (Å²) in [5.41, 5.74) is 3.03. The third kappa shape index (κ3) is 3.01. The number of rotatable bonds is 4. The second-order valence-corrected chi connectivity index (χ2v) is 5.44. The predicted octanol–water partition coefficient (Wildman–Crippen LogP) is 3.17. The zero-order valence-corrected chi connectivity index (χ0v) is 13.3. The van der Waals surface area contributed by atoms with E-state index in [-0.39, 0.29) is 11.9 Å². The van der Waals surface area contributed by atoms with Gasteiger partial charge in [-0.3, -0.25) is 4.79 Å². The van der Waals surface area contributed by atoms with Gasteiger partial charge in [-0.1, -0.05) is 35.5 Å². The Morgan fingerprint density at radius 3 is 2.65 bits per heavy atom. The molecule has 6 heteroatoms. The average Bonchev–Trinajstić information content (AvgIpc) is 3.15. The van der Waals surface area contributed by atoms with Crippen molar-refractivity contribution in [1.82, 2.24) is 20.4 Å². The lowest BCUT2D eigenvalue weighted by atomic mass is 10.1. The molecule has 0 bridgehead atoms. The maximum absolute atomic E-state index is 12.4. The van der Waals surface area contributed by atoms with Crippen LogP contribution < -0.4 is 5.32 Å². The summed E-state index contributed by atoms with van der Waals surface area (Å²) in [6.07, 6.45) is 1.77. The van der Waals surface area contributed by atoms with Crippen molar-refractivity contribution in [3.8, 4) is 11.3 Å². The van der Waals surface area contributed by atoms with Gasteiger partial charge in [0.25, 0.3) is 5.91 Å². The van der Waals surface area contributed by atoms with Gasteiger partial charge >= 0.3 is 0 Å². The molecule has 2 aromatic heterocycles. The van der Waals surface area contributed by atoms with E-state index in [2.05, 4.69) is 20.4 Å². The lowest BCUT2D eigenvalue weighted by molar-refractivity contribution is 0.0936. The molecule has 0 fully saturated rings. The normalized spacial score (nSPS) is 12.1. The van der Waals surface area contributed by atoms with E-state index in [4.69, 9.17) is 4.52 Å². The Balaban J connectivity index is 1.75. The van der Waals surface area contributed by atoms with Crippen molar-refractivity contribution in [3.05, 3.63) is 59.4 Å². The summed E-state index contributed by atoms with van der Waals surface area (Å²) in [5.74, 6) is 0.993. The number of nitrogens with one attached hydrogen (secondary N) is 2. The maximum atomic E-state index is 12.4. The van der Waals surface area contributed by atoms with Crippen LogP contribution in [0.2, 0.25) is 0 Å². The van der Waals surface area contributed by atoms with E-state index in [1.807, 2.05) is 37.3 Å². The Hall–Kier alpha value is -2.89. The van der Waals surface area contributed by atoms with Crippen LogP contribution in [0.5, 0.6) is 0 Å². The minimum atomic E-state index is -0.256. The van der Waals surface area contributed by atoms with Crippen LogP contribution in [-0.4, -0.2) is 21.0 Å². The van der Waals surface area contributed by atoms with E-state index in [1.165, 1.54) is 0 Å². The van der Waals surface area contributed by atoms with Gasteiger partial charge in [-0.25, -0.2) is 4.98 Å². The van der Waals surface area contributed by atoms with Gasteiger partial charge in [-0.05, 0) is 26.3 Å². The highest BCUT2D eigenvalue weighted by atomic mass is 16.5. The minimum Gasteiger partial charge on any atom is -0.361 e. The van der Waals surface area contributed by atoms with Crippen LogP contribution in [0.1, 0.15) is 40.6 Å². The number of hydrogen-bond acceptors (Lipinski definition) is 4. The Morgan fingerprint density at radius 2 is 2.00 bits per heavy atom. The molecule has 0 saturated carbocycles. The van der Waals surface area contributed by atoms with Gasteiger partial charge in [0.05, 0.1) is 23.6 Å². The molecule has 3 aromatic rings. The van der Waals surface area contributed by atoms with E-state index < -0.39 is 0 Å². The number of nitrogens with zero attached hydrogens (tertiary/aromatic N) is 2. The molecule has 118 valence electrons. The van der Waals surface area contributed by atoms with Crippen LogP contribution in [0.25, 0.3) is 11.3 Å². The highest BCUT2D eigenvalue weighted by molar-refractivity contribution is 5.96. The van der Waals surface area contributed by atoms with Gasteiger partial charge in [0, 0.05) is 0 Å².